The molecule has 1 atom stereocenters. The predicted octanol–water partition coefficient (Wildman–Crippen LogP) is 5.62. The Balaban J connectivity index is 1.08. The van der Waals surface area contributed by atoms with Crippen molar-refractivity contribution in [1.82, 2.24) is 0 Å². The van der Waals surface area contributed by atoms with Gasteiger partial charge in [-0.2, -0.15) is 0 Å². The van der Waals surface area contributed by atoms with E-state index in [1.165, 1.54) is 77.0 Å². The second-order valence-corrected chi connectivity index (χ2v) is 10.0. The highest BCUT2D eigenvalue weighted by Gasteiger charge is 2.65. The third-order valence-corrected chi connectivity index (χ3v) is 6.76. The van der Waals surface area contributed by atoms with Crippen LogP contribution in [0.25, 0.3) is 0 Å². The number of alkyl halides is 1. The zero-order chi connectivity index (χ0) is 14.6. The molecule has 0 aromatic heterocycles. The van der Waals surface area contributed by atoms with Crippen molar-refractivity contribution < 1.29 is 9.47 Å². The van der Waals surface area contributed by atoms with Crippen LogP contribution < -0.4 is 0 Å². The maximum atomic E-state index is 5.77. The standard InChI is InChI=1S/C18H31IO2/c19-18-13-17(14-18,15-18)10-6-3-1-2-4-7-11-20-16-9-5-8-12-21-16/h16H,1-15H2. The first kappa shape index (κ1) is 16.5. The van der Waals surface area contributed by atoms with E-state index in [2.05, 4.69) is 22.6 Å². The van der Waals surface area contributed by atoms with Crippen LogP contribution in [0.4, 0.5) is 0 Å². The third-order valence-electron chi connectivity index (χ3n) is 5.62. The Labute approximate surface area is 143 Å². The van der Waals surface area contributed by atoms with Crippen molar-refractivity contribution >= 4 is 22.6 Å². The summed E-state index contributed by atoms with van der Waals surface area (Å²) in [5.41, 5.74) is 0.828. The van der Waals surface area contributed by atoms with E-state index in [0.29, 0.717) is 0 Å². The highest BCUT2D eigenvalue weighted by atomic mass is 127. The number of unbranched alkanes of at least 4 members (excludes halogenated alkanes) is 5. The molecule has 122 valence electrons. The molecule has 3 heteroatoms. The molecule has 4 aliphatic rings. The monoisotopic (exact) mass is 406 g/mol. The largest absolute Gasteiger partial charge is 0.353 e. The SMILES string of the molecule is IC12CC(CCCCCCCCOC3CCCCO3)(C1)C2. The first-order valence-electron chi connectivity index (χ1n) is 9.12. The Kier molecular flexibility index (Phi) is 5.88. The second kappa shape index (κ2) is 7.48. The number of halogens is 1. The molecule has 3 saturated carbocycles. The number of hydrogen-bond donors (Lipinski definition) is 0. The number of rotatable bonds is 10. The number of hydrogen-bond acceptors (Lipinski definition) is 2. The van der Waals surface area contributed by atoms with Crippen molar-refractivity contribution in [3.63, 3.8) is 0 Å². The van der Waals surface area contributed by atoms with Crippen molar-refractivity contribution in [3.05, 3.63) is 0 Å². The lowest BCUT2D eigenvalue weighted by atomic mass is 9.43. The molecule has 0 N–H and O–H groups in total. The molecule has 1 saturated heterocycles. The average Bonchev–Trinajstić information content (AvgIpc) is 2.43. The quantitative estimate of drug-likeness (QED) is 0.266. The molecule has 1 heterocycles. The van der Waals surface area contributed by atoms with Gasteiger partial charge >= 0.3 is 0 Å². The zero-order valence-corrected chi connectivity index (χ0v) is 15.5. The fourth-order valence-electron chi connectivity index (χ4n) is 4.49. The van der Waals surface area contributed by atoms with Gasteiger partial charge in [-0.15, -0.1) is 0 Å². The predicted molar refractivity (Wildman–Crippen MR) is 94.9 cm³/mol. The topological polar surface area (TPSA) is 18.5 Å². The highest BCUT2D eigenvalue weighted by molar-refractivity contribution is 14.1. The lowest BCUT2D eigenvalue weighted by Crippen LogP contribution is -2.62. The van der Waals surface area contributed by atoms with E-state index in [1.807, 2.05) is 0 Å². The van der Waals surface area contributed by atoms with Gasteiger partial charge in [-0.1, -0.05) is 54.7 Å². The van der Waals surface area contributed by atoms with Crippen molar-refractivity contribution in [2.75, 3.05) is 13.2 Å². The smallest absolute Gasteiger partial charge is 0.157 e. The van der Waals surface area contributed by atoms with Crippen molar-refractivity contribution in [3.8, 4) is 0 Å². The minimum Gasteiger partial charge on any atom is -0.353 e. The number of ether oxygens (including phenoxy) is 2. The average molecular weight is 406 g/mol. The summed E-state index contributed by atoms with van der Waals surface area (Å²) in [6.07, 6.45) is 18.0. The van der Waals surface area contributed by atoms with E-state index < -0.39 is 0 Å². The zero-order valence-electron chi connectivity index (χ0n) is 13.4. The Hall–Kier alpha value is 0.650. The molecule has 21 heavy (non-hydrogen) atoms. The van der Waals surface area contributed by atoms with E-state index in [4.69, 9.17) is 9.47 Å². The van der Waals surface area contributed by atoms with Gasteiger partial charge in [0.15, 0.2) is 6.29 Å². The van der Waals surface area contributed by atoms with Crippen LogP contribution in [-0.4, -0.2) is 22.9 Å². The molecule has 0 aromatic carbocycles. The first-order valence-corrected chi connectivity index (χ1v) is 10.2. The molecule has 4 rings (SSSR count). The minimum absolute atomic E-state index is 0.105. The molecule has 0 spiro atoms. The summed E-state index contributed by atoms with van der Waals surface area (Å²) in [5.74, 6) is 0. The van der Waals surface area contributed by atoms with Crippen LogP contribution in [0.3, 0.4) is 0 Å². The van der Waals surface area contributed by atoms with Crippen LogP contribution in [0.15, 0.2) is 0 Å². The molecule has 1 unspecified atom stereocenters. The lowest BCUT2D eigenvalue weighted by Gasteiger charge is -2.68. The molecule has 4 fully saturated rings. The maximum absolute atomic E-state index is 5.77. The van der Waals surface area contributed by atoms with E-state index in [1.54, 1.807) is 0 Å². The van der Waals surface area contributed by atoms with E-state index in [-0.39, 0.29) is 6.29 Å². The van der Waals surface area contributed by atoms with Gasteiger partial charge in [0.2, 0.25) is 0 Å². The molecule has 2 nitrogen and oxygen atoms in total. The molecular formula is C18H31IO2. The second-order valence-electron chi connectivity index (χ2n) is 7.72. The van der Waals surface area contributed by atoms with Gasteiger partial charge in [-0.3, -0.25) is 0 Å². The Morgan fingerprint density at radius 3 is 2.33 bits per heavy atom. The van der Waals surface area contributed by atoms with Gasteiger partial charge in [-0.05, 0) is 56.8 Å². The lowest BCUT2D eigenvalue weighted by molar-refractivity contribution is -0.162. The fourth-order valence-corrected chi connectivity index (χ4v) is 6.92. The highest BCUT2D eigenvalue weighted by Crippen LogP contribution is 2.73. The van der Waals surface area contributed by atoms with Gasteiger partial charge in [0, 0.05) is 16.6 Å². The first-order chi connectivity index (χ1) is 10.2. The van der Waals surface area contributed by atoms with Crippen LogP contribution >= 0.6 is 22.6 Å². The van der Waals surface area contributed by atoms with Crippen LogP contribution in [0.5, 0.6) is 0 Å². The molecule has 3 aliphatic carbocycles. The van der Waals surface area contributed by atoms with E-state index in [0.717, 1.165) is 28.5 Å². The van der Waals surface area contributed by atoms with Crippen molar-refractivity contribution in [2.24, 2.45) is 5.41 Å². The summed E-state index contributed by atoms with van der Waals surface area (Å²) >= 11 is 2.69. The Morgan fingerprint density at radius 2 is 1.67 bits per heavy atom. The Morgan fingerprint density at radius 1 is 0.952 bits per heavy atom. The van der Waals surface area contributed by atoms with Gasteiger partial charge in [0.1, 0.15) is 0 Å². The molecular weight excluding hydrogens is 375 g/mol. The molecule has 0 aromatic rings. The summed E-state index contributed by atoms with van der Waals surface area (Å²) in [5, 5.41) is 0. The van der Waals surface area contributed by atoms with E-state index in [9.17, 15) is 0 Å². The van der Waals surface area contributed by atoms with E-state index >= 15 is 0 Å². The van der Waals surface area contributed by atoms with Gasteiger partial charge in [0.05, 0.1) is 0 Å². The van der Waals surface area contributed by atoms with Gasteiger partial charge in [0.25, 0.3) is 0 Å². The van der Waals surface area contributed by atoms with Crippen LogP contribution in [0.1, 0.15) is 83.5 Å². The Bertz CT molecular complexity index is 305. The maximum Gasteiger partial charge on any atom is 0.157 e. The minimum atomic E-state index is 0.105. The summed E-state index contributed by atoms with van der Waals surface area (Å²) in [6.45, 7) is 1.79. The normalized spacial score (nSPS) is 37.9. The van der Waals surface area contributed by atoms with Crippen LogP contribution in [0.2, 0.25) is 0 Å². The van der Waals surface area contributed by atoms with Crippen LogP contribution in [0, 0.1) is 5.41 Å². The van der Waals surface area contributed by atoms with Gasteiger partial charge < -0.3 is 9.47 Å². The molecule has 1 aliphatic heterocycles. The third kappa shape index (κ3) is 4.57. The summed E-state index contributed by atoms with van der Waals surface area (Å²) in [6, 6.07) is 0. The van der Waals surface area contributed by atoms with Crippen molar-refractivity contribution in [1.29, 1.82) is 0 Å². The fraction of sp³-hybridized carbons (Fsp3) is 1.00. The summed E-state index contributed by atoms with van der Waals surface area (Å²) in [7, 11) is 0. The summed E-state index contributed by atoms with van der Waals surface area (Å²) in [4.78, 5) is 0. The van der Waals surface area contributed by atoms with Crippen molar-refractivity contribution in [2.45, 2.75) is 93.2 Å². The van der Waals surface area contributed by atoms with Gasteiger partial charge in [-0.25, -0.2) is 0 Å². The molecule has 0 radical (unpaired) electrons. The summed E-state index contributed by atoms with van der Waals surface area (Å²) < 4.78 is 12.1. The van der Waals surface area contributed by atoms with Crippen LogP contribution in [-0.2, 0) is 9.47 Å². The molecule has 2 bridgehead atoms. The molecule has 0 amide bonds.